The Kier molecular flexibility index (Phi) is 6.36. The van der Waals surface area contributed by atoms with Crippen LogP contribution in [0.25, 0.3) is 0 Å². The molecule has 0 aliphatic heterocycles. The Balaban J connectivity index is 1.70. The molecular formula is C17H17F2NO4. The Labute approximate surface area is 137 Å². The maximum absolute atomic E-state index is 12.0. The van der Waals surface area contributed by atoms with Gasteiger partial charge in [0, 0.05) is 6.54 Å². The summed E-state index contributed by atoms with van der Waals surface area (Å²) < 4.78 is 33.5. The van der Waals surface area contributed by atoms with Crippen molar-refractivity contribution in [2.45, 2.75) is 13.0 Å². The molecule has 0 radical (unpaired) electrons. The fourth-order valence-corrected chi connectivity index (χ4v) is 1.96. The molecule has 2 aromatic rings. The van der Waals surface area contributed by atoms with Crippen molar-refractivity contribution in [3.05, 3.63) is 54.1 Å². The van der Waals surface area contributed by atoms with Gasteiger partial charge in [-0.1, -0.05) is 24.3 Å². The van der Waals surface area contributed by atoms with Crippen LogP contribution >= 0.6 is 0 Å². The Morgan fingerprint density at radius 2 is 1.83 bits per heavy atom. The summed E-state index contributed by atoms with van der Waals surface area (Å²) in [6.07, 6.45) is 0.539. The quantitative estimate of drug-likeness (QED) is 0.777. The molecule has 2 aromatic carbocycles. The van der Waals surface area contributed by atoms with Crippen LogP contribution in [0, 0.1) is 0 Å². The summed E-state index contributed by atoms with van der Waals surface area (Å²) in [4.78, 5) is 11.7. The molecule has 0 bridgehead atoms. The molecule has 128 valence electrons. The van der Waals surface area contributed by atoms with E-state index in [4.69, 9.17) is 4.74 Å². The second-order valence-corrected chi connectivity index (χ2v) is 4.88. The van der Waals surface area contributed by atoms with E-state index < -0.39 is 6.61 Å². The van der Waals surface area contributed by atoms with Gasteiger partial charge in [0.2, 0.25) is 0 Å². The molecule has 0 fully saturated rings. The number of hydrogen-bond acceptors (Lipinski definition) is 4. The minimum atomic E-state index is -2.85. The molecule has 0 saturated carbocycles. The Hall–Kier alpha value is -2.83. The number of rotatable bonds is 8. The van der Waals surface area contributed by atoms with Gasteiger partial charge in [-0.15, -0.1) is 0 Å². The number of benzene rings is 2. The Bertz CT molecular complexity index is 662. The van der Waals surface area contributed by atoms with Crippen molar-refractivity contribution in [1.82, 2.24) is 5.32 Å². The molecule has 0 saturated heterocycles. The topological polar surface area (TPSA) is 67.8 Å². The van der Waals surface area contributed by atoms with Gasteiger partial charge in [-0.25, -0.2) is 0 Å². The smallest absolute Gasteiger partial charge is 0.387 e. The molecule has 0 aliphatic carbocycles. The summed E-state index contributed by atoms with van der Waals surface area (Å²) in [6, 6.07) is 12.6. The first-order valence-electron chi connectivity index (χ1n) is 7.26. The maximum atomic E-state index is 12.0. The number of hydrogen-bond donors (Lipinski definition) is 2. The van der Waals surface area contributed by atoms with E-state index in [2.05, 4.69) is 10.1 Å². The number of aromatic hydroxyl groups is 1. The van der Waals surface area contributed by atoms with E-state index in [1.54, 1.807) is 30.3 Å². The summed E-state index contributed by atoms with van der Waals surface area (Å²) >= 11 is 0. The molecule has 0 heterocycles. The van der Waals surface area contributed by atoms with E-state index in [1.807, 2.05) is 0 Å². The number of ether oxygens (including phenoxy) is 2. The van der Waals surface area contributed by atoms with Gasteiger partial charge in [0.25, 0.3) is 5.91 Å². The summed E-state index contributed by atoms with van der Waals surface area (Å²) in [7, 11) is 0. The molecule has 2 N–H and O–H groups in total. The van der Waals surface area contributed by atoms with E-state index in [0.29, 0.717) is 13.0 Å². The van der Waals surface area contributed by atoms with Crippen LogP contribution in [0.2, 0.25) is 0 Å². The lowest BCUT2D eigenvalue weighted by Gasteiger charge is -2.09. The highest BCUT2D eigenvalue weighted by molar-refractivity contribution is 5.77. The standard InChI is InChI=1S/C17H17F2NO4/c18-17(19)24-13-7-5-12(6-8-13)9-10-20-16(22)11-23-15-4-2-1-3-14(15)21/h1-8,17,21H,9-11H2,(H,20,22). The van der Waals surface area contributed by atoms with Gasteiger partial charge in [0.15, 0.2) is 18.1 Å². The number of carbonyl (C=O) groups excluding carboxylic acids is 1. The number of alkyl halides is 2. The SMILES string of the molecule is O=C(COc1ccccc1O)NCCc1ccc(OC(F)F)cc1. The van der Waals surface area contributed by atoms with Gasteiger partial charge < -0.3 is 19.9 Å². The van der Waals surface area contributed by atoms with Crippen molar-refractivity contribution in [3.8, 4) is 17.2 Å². The van der Waals surface area contributed by atoms with Crippen LogP contribution in [0.5, 0.6) is 17.2 Å². The highest BCUT2D eigenvalue weighted by Gasteiger charge is 2.06. The van der Waals surface area contributed by atoms with Gasteiger partial charge in [0.1, 0.15) is 5.75 Å². The van der Waals surface area contributed by atoms with Gasteiger partial charge in [-0.2, -0.15) is 8.78 Å². The first kappa shape index (κ1) is 17.5. The zero-order valence-electron chi connectivity index (χ0n) is 12.7. The van der Waals surface area contributed by atoms with Crippen LogP contribution in [-0.2, 0) is 11.2 Å². The molecule has 0 spiro atoms. The number of halogens is 2. The monoisotopic (exact) mass is 337 g/mol. The fraction of sp³-hybridized carbons (Fsp3) is 0.235. The number of carbonyl (C=O) groups is 1. The number of para-hydroxylation sites is 2. The minimum absolute atomic E-state index is 0.0311. The van der Waals surface area contributed by atoms with Crippen LogP contribution in [0.3, 0.4) is 0 Å². The summed E-state index contributed by atoms with van der Waals surface area (Å²) in [5, 5.41) is 12.2. The Morgan fingerprint density at radius 1 is 1.12 bits per heavy atom. The highest BCUT2D eigenvalue weighted by Crippen LogP contribution is 2.23. The lowest BCUT2D eigenvalue weighted by Crippen LogP contribution is -2.30. The first-order valence-corrected chi connectivity index (χ1v) is 7.26. The molecule has 5 nitrogen and oxygen atoms in total. The van der Waals surface area contributed by atoms with E-state index in [1.165, 1.54) is 18.2 Å². The van der Waals surface area contributed by atoms with Crippen molar-refractivity contribution in [2.75, 3.05) is 13.2 Å². The minimum Gasteiger partial charge on any atom is -0.504 e. The lowest BCUT2D eigenvalue weighted by atomic mass is 10.1. The van der Waals surface area contributed by atoms with Gasteiger partial charge in [-0.3, -0.25) is 4.79 Å². The average molecular weight is 337 g/mol. The molecular weight excluding hydrogens is 320 g/mol. The predicted molar refractivity (Wildman–Crippen MR) is 83.4 cm³/mol. The molecule has 0 unspecified atom stereocenters. The van der Waals surface area contributed by atoms with E-state index in [-0.39, 0.29) is 29.8 Å². The fourth-order valence-electron chi connectivity index (χ4n) is 1.96. The predicted octanol–water partition coefficient (Wildman–Crippen LogP) is 2.73. The molecule has 7 heteroatoms. The van der Waals surface area contributed by atoms with E-state index in [9.17, 15) is 18.7 Å². The first-order chi connectivity index (χ1) is 11.5. The van der Waals surface area contributed by atoms with Crippen LogP contribution < -0.4 is 14.8 Å². The largest absolute Gasteiger partial charge is 0.504 e. The van der Waals surface area contributed by atoms with Crippen molar-refractivity contribution < 1.29 is 28.2 Å². The third kappa shape index (κ3) is 5.75. The second-order valence-electron chi connectivity index (χ2n) is 4.88. The van der Waals surface area contributed by atoms with E-state index in [0.717, 1.165) is 5.56 Å². The van der Waals surface area contributed by atoms with Crippen molar-refractivity contribution in [3.63, 3.8) is 0 Å². The zero-order valence-corrected chi connectivity index (χ0v) is 12.7. The van der Waals surface area contributed by atoms with Gasteiger partial charge in [0.05, 0.1) is 0 Å². The molecule has 2 rings (SSSR count). The number of nitrogens with one attached hydrogen (secondary N) is 1. The third-order valence-corrected chi connectivity index (χ3v) is 3.11. The molecule has 0 aromatic heterocycles. The number of amides is 1. The second kappa shape index (κ2) is 8.71. The zero-order chi connectivity index (χ0) is 17.4. The summed E-state index contributed by atoms with van der Waals surface area (Å²) in [5.74, 6) is -0.0246. The summed E-state index contributed by atoms with van der Waals surface area (Å²) in [5.41, 5.74) is 0.874. The number of phenolic OH excluding ortho intramolecular Hbond substituents is 1. The highest BCUT2D eigenvalue weighted by atomic mass is 19.3. The van der Waals surface area contributed by atoms with Crippen LogP contribution in [0.15, 0.2) is 48.5 Å². The Morgan fingerprint density at radius 3 is 2.50 bits per heavy atom. The average Bonchev–Trinajstić information content (AvgIpc) is 2.55. The van der Waals surface area contributed by atoms with Crippen LogP contribution in [-0.4, -0.2) is 30.8 Å². The lowest BCUT2D eigenvalue weighted by molar-refractivity contribution is -0.123. The van der Waals surface area contributed by atoms with Gasteiger partial charge in [-0.05, 0) is 36.2 Å². The van der Waals surface area contributed by atoms with E-state index >= 15 is 0 Å². The molecule has 1 amide bonds. The molecule has 0 aliphatic rings. The van der Waals surface area contributed by atoms with Crippen LogP contribution in [0.1, 0.15) is 5.56 Å². The molecule has 24 heavy (non-hydrogen) atoms. The number of phenols is 1. The normalized spacial score (nSPS) is 10.5. The summed E-state index contributed by atoms with van der Waals surface area (Å²) in [6.45, 7) is -2.68. The van der Waals surface area contributed by atoms with Crippen molar-refractivity contribution in [1.29, 1.82) is 0 Å². The third-order valence-electron chi connectivity index (χ3n) is 3.11. The van der Waals surface area contributed by atoms with Crippen molar-refractivity contribution >= 4 is 5.91 Å². The maximum Gasteiger partial charge on any atom is 0.387 e. The van der Waals surface area contributed by atoms with Gasteiger partial charge >= 0.3 is 6.61 Å². The molecule has 0 atom stereocenters. The van der Waals surface area contributed by atoms with Crippen molar-refractivity contribution in [2.24, 2.45) is 0 Å². The van der Waals surface area contributed by atoms with Crippen LogP contribution in [0.4, 0.5) is 8.78 Å².